The van der Waals surface area contributed by atoms with E-state index in [4.69, 9.17) is 5.73 Å². The Bertz CT molecular complexity index is 1280. The highest BCUT2D eigenvalue weighted by atomic mass is 16.3. The molecule has 11 nitrogen and oxygen atoms in total. The molecule has 0 spiro atoms. The molecule has 3 aliphatic rings. The van der Waals surface area contributed by atoms with Crippen molar-refractivity contribution in [2.75, 3.05) is 47.2 Å². The van der Waals surface area contributed by atoms with Gasteiger partial charge in [-0.2, -0.15) is 0 Å². The summed E-state index contributed by atoms with van der Waals surface area (Å²) in [5, 5.41) is 45.3. The van der Waals surface area contributed by atoms with E-state index in [2.05, 4.69) is 0 Å². The van der Waals surface area contributed by atoms with Crippen LogP contribution < -0.4 is 10.6 Å². The number of amides is 1. The molecule has 1 aromatic rings. The first-order chi connectivity index (χ1) is 17.1. The van der Waals surface area contributed by atoms with Gasteiger partial charge in [0.15, 0.2) is 11.4 Å². The van der Waals surface area contributed by atoms with Crippen LogP contribution >= 0.6 is 0 Å². The zero-order chi connectivity index (χ0) is 27.7. The molecule has 3 aliphatic carbocycles. The quantitative estimate of drug-likeness (QED) is 0.340. The summed E-state index contributed by atoms with van der Waals surface area (Å²) in [5.74, 6) is -6.52. The van der Waals surface area contributed by atoms with Crippen LogP contribution in [0.4, 0.5) is 5.69 Å². The van der Waals surface area contributed by atoms with E-state index < -0.39 is 58.0 Å². The number of primary amides is 1. The molecule has 37 heavy (non-hydrogen) atoms. The number of aliphatic hydroxyl groups excluding tert-OH is 2. The number of anilines is 1. The third-order valence-corrected chi connectivity index (χ3v) is 7.74. The Morgan fingerprint density at radius 2 is 1.73 bits per heavy atom. The van der Waals surface area contributed by atoms with Gasteiger partial charge in [-0.15, -0.1) is 0 Å². The normalized spacial score (nSPS) is 27.4. The number of rotatable bonds is 5. The van der Waals surface area contributed by atoms with Gasteiger partial charge in [0.2, 0.25) is 5.78 Å². The van der Waals surface area contributed by atoms with Crippen LogP contribution in [0, 0.1) is 11.8 Å². The van der Waals surface area contributed by atoms with Gasteiger partial charge in [0.25, 0.3) is 5.91 Å². The lowest BCUT2D eigenvalue weighted by Gasteiger charge is -2.50. The Hall–Kier alpha value is -3.41. The summed E-state index contributed by atoms with van der Waals surface area (Å²) in [4.78, 5) is 44.4. The molecule has 1 aromatic carbocycles. The molecule has 1 amide bonds. The van der Waals surface area contributed by atoms with Crippen molar-refractivity contribution in [3.05, 3.63) is 39.7 Å². The number of aromatic hydroxyl groups is 1. The fourth-order valence-corrected chi connectivity index (χ4v) is 6.21. The lowest BCUT2D eigenvalue weighted by Crippen LogP contribution is -2.65. The van der Waals surface area contributed by atoms with Gasteiger partial charge in [-0.3, -0.25) is 19.3 Å². The molecule has 11 heteroatoms. The smallest absolute Gasteiger partial charge is 0.255 e. The van der Waals surface area contributed by atoms with Gasteiger partial charge >= 0.3 is 0 Å². The first-order valence-electron chi connectivity index (χ1n) is 12.0. The monoisotopic (exact) mass is 514 g/mol. The number of Topliss-reactive ketones (excluding diaryl/α,β-unsaturated/α-hetero) is 2. The maximum Gasteiger partial charge on any atom is 0.255 e. The molecule has 0 unspecified atom stereocenters. The van der Waals surface area contributed by atoms with Crippen LogP contribution in [0.5, 0.6) is 5.75 Å². The molecule has 1 saturated carbocycles. The second kappa shape index (κ2) is 8.86. The molecule has 4 atom stereocenters. The number of nitrogens with two attached hydrogens (primary N) is 1. The Morgan fingerprint density at radius 1 is 1.11 bits per heavy atom. The summed E-state index contributed by atoms with van der Waals surface area (Å²) < 4.78 is 0. The van der Waals surface area contributed by atoms with Crippen molar-refractivity contribution in [3.63, 3.8) is 0 Å². The summed E-state index contributed by atoms with van der Waals surface area (Å²) in [5.41, 5.74) is 3.75. The van der Waals surface area contributed by atoms with Crippen molar-refractivity contribution >= 4 is 28.9 Å². The molecule has 0 aromatic heterocycles. The van der Waals surface area contributed by atoms with Gasteiger partial charge in [0, 0.05) is 43.4 Å². The highest BCUT2D eigenvalue weighted by Crippen LogP contribution is 2.54. The molecule has 0 saturated heterocycles. The maximum absolute atomic E-state index is 13.9. The summed E-state index contributed by atoms with van der Waals surface area (Å²) >= 11 is 0. The highest BCUT2D eigenvalue weighted by molar-refractivity contribution is 6.24. The van der Waals surface area contributed by atoms with Gasteiger partial charge in [0.05, 0.1) is 11.6 Å². The zero-order valence-electron chi connectivity index (χ0n) is 21.9. The molecular formula is C26H34N4O7. The average molecular weight is 515 g/mol. The molecule has 0 heterocycles. The Morgan fingerprint density at radius 3 is 2.24 bits per heavy atom. The van der Waals surface area contributed by atoms with Crippen LogP contribution in [0.3, 0.4) is 0 Å². The first kappa shape index (κ1) is 26.6. The lowest BCUT2D eigenvalue weighted by atomic mass is 9.57. The predicted octanol–water partition coefficient (Wildman–Crippen LogP) is 0.0916. The topological polar surface area (TPSA) is 168 Å². The largest absolute Gasteiger partial charge is 0.508 e. The molecule has 0 bridgehead atoms. The van der Waals surface area contributed by atoms with Crippen molar-refractivity contribution in [1.82, 2.24) is 9.80 Å². The predicted molar refractivity (Wildman–Crippen MR) is 136 cm³/mol. The highest BCUT2D eigenvalue weighted by Gasteiger charge is 2.64. The van der Waals surface area contributed by atoms with Gasteiger partial charge in [0.1, 0.15) is 22.8 Å². The van der Waals surface area contributed by atoms with Crippen LogP contribution in [0.25, 0.3) is 5.76 Å². The number of carbonyl (C=O) groups excluding carboxylic acids is 3. The van der Waals surface area contributed by atoms with E-state index in [1.54, 1.807) is 14.1 Å². The van der Waals surface area contributed by atoms with Crippen LogP contribution in [-0.2, 0) is 27.3 Å². The molecule has 0 aliphatic heterocycles. The molecular weight excluding hydrogens is 480 g/mol. The van der Waals surface area contributed by atoms with E-state index in [1.807, 2.05) is 44.1 Å². The molecule has 4 rings (SSSR count). The standard InChI is InChI=1S/C26H34N4O7/c1-28(2)10-12-9-15(29(3)4)13-7-11-8-14-19(30(5)6)22(33)18(25(27)36)24(35)26(14,37)23(34)16(11)21(32)17(13)20(12)31/h9,11,14,19,31-32,35,37H,7-8,10H2,1-6H3,(H2,27,36)/t11-,14-,19-,26-/m1/s1. The van der Waals surface area contributed by atoms with Crippen LogP contribution in [0.1, 0.15) is 23.1 Å². The Balaban J connectivity index is 2.00. The van der Waals surface area contributed by atoms with Crippen molar-refractivity contribution in [1.29, 1.82) is 0 Å². The van der Waals surface area contributed by atoms with Crippen LogP contribution in [0.2, 0.25) is 0 Å². The van der Waals surface area contributed by atoms with Crippen molar-refractivity contribution in [2.45, 2.75) is 31.0 Å². The average Bonchev–Trinajstić information content (AvgIpc) is 2.77. The number of phenolic OH excluding ortho intramolecular Hbond substituents is 1. The van der Waals surface area contributed by atoms with E-state index in [0.29, 0.717) is 17.7 Å². The number of hydrogen-bond donors (Lipinski definition) is 5. The van der Waals surface area contributed by atoms with Crippen LogP contribution in [0.15, 0.2) is 23.0 Å². The molecule has 6 N–H and O–H groups in total. The van der Waals surface area contributed by atoms with E-state index in [-0.39, 0.29) is 29.7 Å². The van der Waals surface area contributed by atoms with E-state index >= 15 is 0 Å². The SMILES string of the molecule is CN(C)Cc1cc(N(C)C)c2c(c1O)C(O)=C1C(=O)[C@@]3(O)C(O)=C(C(N)=O)C(=O)[C@H](N(C)C)[C@H]3C[C@H]1C2. The third kappa shape index (κ3) is 3.72. The minimum Gasteiger partial charge on any atom is -0.508 e. The van der Waals surface area contributed by atoms with Crippen molar-refractivity contribution in [2.24, 2.45) is 17.6 Å². The second-order valence-electron chi connectivity index (χ2n) is 10.9. The number of likely N-dealkylation sites (N-methyl/N-ethyl adjacent to an activating group) is 1. The third-order valence-electron chi connectivity index (χ3n) is 7.74. The molecule has 1 fully saturated rings. The summed E-state index contributed by atoms with van der Waals surface area (Å²) in [6.07, 6.45) is 0.302. The molecule has 200 valence electrons. The molecule has 0 radical (unpaired) electrons. The Labute approximate surface area is 215 Å². The fourth-order valence-electron chi connectivity index (χ4n) is 6.21. The van der Waals surface area contributed by atoms with Gasteiger partial charge < -0.3 is 36.0 Å². The van der Waals surface area contributed by atoms with Crippen molar-refractivity contribution in [3.8, 4) is 5.75 Å². The number of aliphatic hydroxyl groups is 3. The number of ketones is 2. The van der Waals surface area contributed by atoms with E-state index in [1.165, 1.54) is 4.90 Å². The number of phenols is 1. The number of hydrogen-bond acceptors (Lipinski definition) is 10. The van der Waals surface area contributed by atoms with Gasteiger partial charge in [-0.05, 0) is 58.6 Å². The number of carbonyl (C=O) groups is 3. The van der Waals surface area contributed by atoms with E-state index in [0.717, 1.165) is 5.69 Å². The van der Waals surface area contributed by atoms with Crippen LogP contribution in [-0.4, -0.2) is 102 Å². The zero-order valence-corrected chi connectivity index (χ0v) is 21.9. The number of benzene rings is 1. The van der Waals surface area contributed by atoms with Crippen molar-refractivity contribution < 1.29 is 34.8 Å². The minimum atomic E-state index is -2.65. The summed E-state index contributed by atoms with van der Waals surface area (Å²) in [6.45, 7) is 0.365. The number of fused-ring (bicyclic) bond motifs is 3. The van der Waals surface area contributed by atoms with E-state index in [9.17, 15) is 34.8 Å². The van der Waals surface area contributed by atoms with Gasteiger partial charge in [-0.25, -0.2) is 0 Å². The van der Waals surface area contributed by atoms with Gasteiger partial charge in [-0.1, -0.05) is 0 Å². The Kier molecular flexibility index (Phi) is 6.38. The maximum atomic E-state index is 13.9. The number of nitrogens with zero attached hydrogens (tertiary/aromatic N) is 3. The summed E-state index contributed by atoms with van der Waals surface area (Å²) in [6, 6.07) is 0.732. The lowest BCUT2D eigenvalue weighted by molar-refractivity contribution is -0.153. The fraction of sp³-hybridized carbons (Fsp3) is 0.500. The minimum absolute atomic E-state index is 0.0544. The summed E-state index contributed by atoms with van der Waals surface area (Å²) in [7, 11) is 10.5. The second-order valence-corrected chi connectivity index (χ2v) is 10.9. The first-order valence-corrected chi connectivity index (χ1v) is 12.0.